The lowest BCUT2D eigenvalue weighted by atomic mass is 9.46. The van der Waals surface area contributed by atoms with Crippen LogP contribution in [0.5, 0.6) is 0 Å². The number of hydrogen-bond acceptors (Lipinski definition) is 6. The highest BCUT2D eigenvalue weighted by Crippen LogP contribution is 2.66. The minimum Gasteiger partial charge on any atom is -0.393 e. The predicted molar refractivity (Wildman–Crippen MR) is 139 cm³/mol. The molecule has 5 aliphatic rings. The molecule has 0 unspecified atom stereocenters. The van der Waals surface area contributed by atoms with E-state index in [2.05, 4.69) is 34.7 Å². The minimum absolute atomic E-state index is 0.0459. The van der Waals surface area contributed by atoms with Crippen molar-refractivity contribution in [2.75, 3.05) is 37.6 Å². The highest BCUT2D eigenvalue weighted by molar-refractivity contribution is 5.91. The van der Waals surface area contributed by atoms with Gasteiger partial charge >= 0.3 is 0 Å². The van der Waals surface area contributed by atoms with Crippen LogP contribution in [0.3, 0.4) is 0 Å². The number of rotatable bonds is 4. The molecule has 194 valence electrons. The van der Waals surface area contributed by atoms with Crippen LogP contribution in [0.25, 0.3) is 0 Å². The van der Waals surface area contributed by atoms with Gasteiger partial charge in [-0.2, -0.15) is 0 Å². The third kappa shape index (κ3) is 3.87. The number of ketones is 2. The van der Waals surface area contributed by atoms with Crippen molar-refractivity contribution in [2.24, 2.45) is 34.5 Å². The molecule has 6 rings (SSSR count). The predicted octanol–water partition coefficient (Wildman–Crippen LogP) is 3.89. The maximum atomic E-state index is 13.7. The van der Waals surface area contributed by atoms with Gasteiger partial charge in [0.2, 0.25) is 0 Å². The van der Waals surface area contributed by atoms with Gasteiger partial charge < -0.3 is 10.0 Å². The largest absolute Gasteiger partial charge is 0.393 e. The molecule has 4 fully saturated rings. The van der Waals surface area contributed by atoms with Gasteiger partial charge in [0.15, 0.2) is 5.78 Å². The van der Waals surface area contributed by atoms with Gasteiger partial charge in [0.25, 0.3) is 0 Å². The summed E-state index contributed by atoms with van der Waals surface area (Å²) < 4.78 is 0. The van der Waals surface area contributed by atoms with E-state index in [9.17, 15) is 14.7 Å². The lowest BCUT2D eigenvalue weighted by Crippen LogP contribution is -2.57. The van der Waals surface area contributed by atoms with Crippen LogP contribution >= 0.6 is 0 Å². The molecule has 0 aromatic carbocycles. The number of carbonyl (C=O) groups is 2. The molecule has 0 amide bonds. The third-order valence-corrected chi connectivity index (χ3v) is 11.0. The maximum absolute atomic E-state index is 13.7. The van der Waals surface area contributed by atoms with Gasteiger partial charge in [-0.15, -0.1) is 0 Å². The Hall–Kier alpha value is -2.05. The first-order valence-electron chi connectivity index (χ1n) is 14.1. The summed E-state index contributed by atoms with van der Waals surface area (Å²) in [6.45, 7) is 8.70. The summed E-state index contributed by atoms with van der Waals surface area (Å²) in [6.07, 6.45) is 9.61. The van der Waals surface area contributed by atoms with E-state index < -0.39 is 6.10 Å². The fourth-order valence-electron chi connectivity index (χ4n) is 9.22. The zero-order chi connectivity index (χ0) is 25.1. The second-order valence-electron chi connectivity index (χ2n) is 12.7. The van der Waals surface area contributed by atoms with Crippen molar-refractivity contribution in [3.63, 3.8) is 0 Å². The van der Waals surface area contributed by atoms with Crippen LogP contribution in [0.2, 0.25) is 0 Å². The van der Waals surface area contributed by atoms with Crippen LogP contribution in [0.1, 0.15) is 58.8 Å². The van der Waals surface area contributed by atoms with Crippen molar-refractivity contribution in [2.45, 2.75) is 64.9 Å². The Balaban J connectivity index is 1.13. The first kappa shape index (κ1) is 24.3. The van der Waals surface area contributed by atoms with Crippen molar-refractivity contribution in [1.82, 2.24) is 9.88 Å². The van der Waals surface area contributed by atoms with Crippen LogP contribution in [0.4, 0.5) is 5.82 Å². The number of pyridine rings is 1. The first-order chi connectivity index (χ1) is 17.3. The second-order valence-corrected chi connectivity index (χ2v) is 12.7. The number of carbonyl (C=O) groups excluding carboxylic acids is 2. The monoisotopic (exact) mass is 491 g/mol. The molecule has 1 N–H and O–H groups in total. The zero-order valence-electron chi connectivity index (χ0n) is 21.9. The molecule has 0 spiro atoms. The molecule has 3 saturated carbocycles. The number of aliphatic hydroxyl groups is 1. The van der Waals surface area contributed by atoms with Gasteiger partial charge in [-0.3, -0.25) is 14.5 Å². The molecule has 1 aliphatic heterocycles. The lowest BCUT2D eigenvalue weighted by Gasteiger charge is -2.59. The molecular weight excluding hydrogens is 450 g/mol. The van der Waals surface area contributed by atoms with E-state index >= 15 is 0 Å². The van der Waals surface area contributed by atoms with Gasteiger partial charge in [0, 0.05) is 44.7 Å². The van der Waals surface area contributed by atoms with E-state index in [0.717, 1.165) is 70.5 Å². The van der Waals surface area contributed by atoms with Gasteiger partial charge in [-0.25, -0.2) is 4.98 Å². The van der Waals surface area contributed by atoms with Gasteiger partial charge in [-0.05, 0) is 85.3 Å². The van der Waals surface area contributed by atoms with Crippen LogP contribution < -0.4 is 4.90 Å². The number of aromatic nitrogens is 1. The summed E-state index contributed by atoms with van der Waals surface area (Å²) in [5.74, 6) is 2.86. The molecule has 7 atom stereocenters. The summed E-state index contributed by atoms with van der Waals surface area (Å²) >= 11 is 0. The Labute approximate surface area is 215 Å². The SMILES string of the molecule is C[C@]12C[C@@H](O)[C@H]3[C@@H](CCC4=CC(=O)CC[C@@]43C)[C@@H]1CC[C@@H]2C(=O)CN1CCN(c2ccccn2)CC1. The van der Waals surface area contributed by atoms with E-state index in [4.69, 9.17) is 0 Å². The number of allylic oxidation sites excluding steroid dienone is 1. The topological polar surface area (TPSA) is 73.7 Å². The fourth-order valence-corrected chi connectivity index (χ4v) is 9.22. The van der Waals surface area contributed by atoms with Gasteiger partial charge in [0.05, 0.1) is 12.6 Å². The molecule has 0 bridgehead atoms. The molecular formula is C30H41N3O3. The molecule has 2 heterocycles. The molecule has 1 aromatic heterocycles. The highest BCUT2D eigenvalue weighted by atomic mass is 16.3. The average molecular weight is 492 g/mol. The van der Waals surface area contributed by atoms with Crippen molar-refractivity contribution in [1.29, 1.82) is 0 Å². The summed E-state index contributed by atoms with van der Waals surface area (Å²) in [6, 6.07) is 6.02. The minimum atomic E-state index is -0.395. The maximum Gasteiger partial charge on any atom is 0.155 e. The first-order valence-corrected chi connectivity index (χ1v) is 14.1. The lowest BCUT2D eigenvalue weighted by molar-refractivity contribution is -0.145. The fraction of sp³-hybridized carbons (Fsp3) is 0.700. The standard InChI is InChI=1S/C30H41N3O3/c1-29-11-10-21(34)17-20(29)6-7-22-23-8-9-24(30(23,2)18-25(35)28(22)29)26(36)19-32-13-15-33(16-14-32)27-5-3-4-12-31-27/h3-5,12,17,22-25,28,35H,6-11,13-16,18-19H2,1-2H3/t22-,23-,24+,25+,28+,29-,30-/m0/s1. The number of aliphatic hydroxyl groups excluding tert-OH is 1. The number of anilines is 1. The third-order valence-electron chi connectivity index (χ3n) is 11.0. The van der Waals surface area contributed by atoms with Crippen molar-refractivity contribution < 1.29 is 14.7 Å². The van der Waals surface area contributed by atoms with Crippen molar-refractivity contribution in [3.05, 3.63) is 36.0 Å². The highest BCUT2D eigenvalue weighted by Gasteiger charge is 2.62. The summed E-state index contributed by atoms with van der Waals surface area (Å²) in [7, 11) is 0. The Bertz CT molecular complexity index is 1050. The van der Waals surface area contributed by atoms with Gasteiger partial charge in [0.1, 0.15) is 11.6 Å². The van der Waals surface area contributed by atoms with Crippen LogP contribution in [-0.4, -0.2) is 65.4 Å². The Kier molecular flexibility index (Phi) is 6.11. The number of hydrogen-bond donors (Lipinski definition) is 1. The van der Waals surface area contributed by atoms with Crippen molar-refractivity contribution >= 4 is 17.4 Å². The van der Waals surface area contributed by atoms with Crippen molar-refractivity contribution in [3.8, 4) is 0 Å². The van der Waals surface area contributed by atoms with E-state index in [1.807, 2.05) is 24.4 Å². The number of fused-ring (bicyclic) bond motifs is 5. The number of piperazine rings is 1. The Morgan fingerprint density at radius 2 is 1.92 bits per heavy atom. The molecule has 4 aliphatic carbocycles. The smallest absolute Gasteiger partial charge is 0.155 e. The van der Waals surface area contributed by atoms with Crippen LogP contribution in [-0.2, 0) is 9.59 Å². The van der Waals surface area contributed by atoms with E-state index in [1.54, 1.807) is 0 Å². The molecule has 6 nitrogen and oxygen atoms in total. The number of nitrogens with zero attached hydrogens (tertiary/aromatic N) is 3. The summed E-state index contributed by atoms with van der Waals surface area (Å²) in [5.41, 5.74) is 1.10. The summed E-state index contributed by atoms with van der Waals surface area (Å²) in [4.78, 5) is 34.9. The number of Topliss-reactive ketones (excluding diaryl/α,β-unsaturated/α-hetero) is 1. The molecule has 0 radical (unpaired) electrons. The van der Waals surface area contributed by atoms with Gasteiger partial charge in [-0.1, -0.05) is 25.5 Å². The van der Waals surface area contributed by atoms with Crippen LogP contribution in [0, 0.1) is 34.5 Å². The van der Waals surface area contributed by atoms with E-state index in [0.29, 0.717) is 30.6 Å². The van der Waals surface area contributed by atoms with E-state index in [-0.39, 0.29) is 28.4 Å². The zero-order valence-corrected chi connectivity index (χ0v) is 21.9. The second kappa shape index (κ2) is 9.05. The Morgan fingerprint density at radius 1 is 1.11 bits per heavy atom. The molecule has 6 heteroatoms. The average Bonchev–Trinajstić information content (AvgIpc) is 3.22. The normalized spacial score (nSPS) is 40.8. The molecule has 1 saturated heterocycles. The summed E-state index contributed by atoms with van der Waals surface area (Å²) in [5, 5.41) is 11.6. The quantitative estimate of drug-likeness (QED) is 0.689. The Morgan fingerprint density at radius 3 is 2.67 bits per heavy atom. The molecule has 36 heavy (non-hydrogen) atoms. The van der Waals surface area contributed by atoms with E-state index in [1.165, 1.54) is 5.57 Å². The molecule has 1 aromatic rings. The van der Waals surface area contributed by atoms with Crippen LogP contribution in [0.15, 0.2) is 36.0 Å².